The fourth-order valence-electron chi connectivity index (χ4n) is 1.97. The molecule has 0 heterocycles. The van der Waals surface area contributed by atoms with E-state index < -0.39 is 5.82 Å². The Morgan fingerprint density at radius 3 is 2.65 bits per heavy atom. The van der Waals surface area contributed by atoms with Crippen molar-refractivity contribution in [2.75, 3.05) is 19.5 Å². The van der Waals surface area contributed by atoms with Gasteiger partial charge >= 0.3 is 0 Å². The zero-order chi connectivity index (χ0) is 16.8. The average Bonchev–Trinajstić information content (AvgIpc) is 2.55. The normalized spacial score (nSPS) is 10.6. The van der Waals surface area contributed by atoms with E-state index in [0.29, 0.717) is 22.7 Å². The maximum atomic E-state index is 13.1. The summed E-state index contributed by atoms with van der Waals surface area (Å²) in [4.78, 5) is 11.9. The summed E-state index contributed by atoms with van der Waals surface area (Å²) in [6.45, 7) is 0. The summed E-state index contributed by atoms with van der Waals surface area (Å²) in [5, 5.41) is 2.54. The highest BCUT2D eigenvalue weighted by Crippen LogP contribution is 2.31. The van der Waals surface area contributed by atoms with E-state index in [-0.39, 0.29) is 10.9 Å². The molecule has 1 N–H and O–H groups in total. The van der Waals surface area contributed by atoms with Gasteiger partial charge in [0.05, 0.1) is 19.2 Å². The summed E-state index contributed by atoms with van der Waals surface area (Å²) in [6, 6.07) is 9.30. The number of halogens is 2. The standard InChI is InChI=1S/C17H15ClFNO3/c1-22-15-5-3-4-11(17(15)23-2)6-9-16(21)20-12-7-8-14(19)13(18)10-12/h3-10H,1-2H3,(H,20,21)/b9-6+. The van der Waals surface area contributed by atoms with Gasteiger partial charge in [-0.15, -0.1) is 0 Å². The maximum absolute atomic E-state index is 13.1. The Hall–Kier alpha value is -2.53. The van der Waals surface area contributed by atoms with Crippen LogP contribution in [0, 0.1) is 5.82 Å². The van der Waals surface area contributed by atoms with Crippen LogP contribution in [0.25, 0.3) is 6.08 Å². The molecule has 23 heavy (non-hydrogen) atoms. The minimum absolute atomic E-state index is 0.0544. The van der Waals surface area contributed by atoms with Crippen LogP contribution in [-0.2, 0) is 4.79 Å². The number of methoxy groups -OCH3 is 2. The number of hydrogen-bond acceptors (Lipinski definition) is 3. The van der Waals surface area contributed by atoms with E-state index in [2.05, 4.69) is 5.32 Å². The first-order chi connectivity index (χ1) is 11.0. The van der Waals surface area contributed by atoms with Crippen molar-refractivity contribution in [1.29, 1.82) is 0 Å². The molecular formula is C17H15ClFNO3. The number of carbonyl (C=O) groups excluding carboxylic acids is 1. The predicted octanol–water partition coefficient (Wildman–Crippen LogP) is 4.15. The van der Waals surface area contributed by atoms with Crippen LogP contribution >= 0.6 is 11.6 Å². The van der Waals surface area contributed by atoms with Crippen molar-refractivity contribution in [2.45, 2.75) is 0 Å². The van der Waals surface area contributed by atoms with Gasteiger partial charge in [-0.05, 0) is 30.3 Å². The van der Waals surface area contributed by atoms with E-state index in [4.69, 9.17) is 21.1 Å². The van der Waals surface area contributed by atoms with Crippen LogP contribution in [0.4, 0.5) is 10.1 Å². The molecule has 2 aromatic rings. The summed E-state index contributed by atoms with van der Waals surface area (Å²) in [7, 11) is 3.06. The first kappa shape index (κ1) is 16.8. The van der Waals surface area contributed by atoms with Crippen molar-refractivity contribution in [3.05, 3.63) is 58.9 Å². The minimum atomic E-state index is -0.540. The van der Waals surface area contributed by atoms with Gasteiger partial charge in [0.2, 0.25) is 5.91 Å². The summed E-state index contributed by atoms with van der Waals surface area (Å²) < 4.78 is 23.5. The first-order valence-corrected chi connectivity index (χ1v) is 7.08. The SMILES string of the molecule is COc1cccc(/C=C/C(=O)Nc2ccc(F)c(Cl)c2)c1OC. The van der Waals surface area contributed by atoms with Crippen LogP contribution < -0.4 is 14.8 Å². The highest BCUT2D eigenvalue weighted by molar-refractivity contribution is 6.31. The van der Waals surface area contributed by atoms with Crippen LogP contribution in [0.2, 0.25) is 5.02 Å². The predicted molar refractivity (Wildman–Crippen MR) is 88.6 cm³/mol. The smallest absolute Gasteiger partial charge is 0.248 e. The fraction of sp³-hybridized carbons (Fsp3) is 0.118. The van der Waals surface area contributed by atoms with Gasteiger partial charge in [0, 0.05) is 17.3 Å². The van der Waals surface area contributed by atoms with Crippen LogP contribution in [0.15, 0.2) is 42.5 Å². The van der Waals surface area contributed by atoms with Gasteiger partial charge in [0.15, 0.2) is 11.5 Å². The Kier molecular flexibility index (Phi) is 5.60. The molecule has 0 radical (unpaired) electrons. The number of ether oxygens (including phenoxy) is 2. The van der Waals surface area contributed by atoms with Gasteiger partial charge < -0.3 is 14.8 Å². The minimum Gasteiger partial charge on any atom is -0.493 e. The molecule has 0 saturated heterocycles. The van der Waals surface area contributed by atoms with Crippen molar-refractivity contribution in [2.24, 2.45) is 0 Å². The fourth-order valence-corrected chi connectivity index (χ4v) is 2.15. The lowest BCUT2D eigenvalue weighted by Gasteiger charge is -2.09. The van der Waals surface area contributed by atoms with E-state index in [9.17, 15) is 9.18 Å². The third kappa shape index (κ3) is 4.23. The Bertz CT molecular complexity index is 747. The van der Waals surface area contributed by atoms with E-state index in [1.807, 2.05) is 0 Å². The Balaban J connectivity index is 2.13. The average molecular weight is 336 g/mol. The Morgan fingerprint density at radius 2 is 2.00 bits per heavy atom. The molecular weight excluding hydrogens is 321 g/mol. The molecule has 0 saturated carbocycles. The molecule has 120 valence electrons. The van der Waals surface area contributed by atoms with Crippen LogP contribution in [0.3, 0.4) is 0 Å². The van der Waals surface area contributed by atoms with Crippen molar-refractivity contribution in [3.8, 4) is 11.5 Å². The summed E-state index contributed by atoms with van der Waals surface area (Å²) in [6.07, 6.45) is 2.94. The van der Waals surface area contributed by atoms with E-state index in [0.717, 1.165) is 0 Å². The second-order valence-corrected chi connectivity index (χ2v) is 4.94. The third-order valence-electron chi connectivity index (χ3n) is 3.03. The number of hydrogen-bond donors (Lipinski definition) is 1. The molecule has 2 aromatic carbocycles. The molecule has 6 heteroatoms. The molecule has 0 atom stereocenters. The van der Waals surface area contributed by atoms with Gasteiger partial charge in [0.25, 0.3) is 0 Å². The van der Waals surface area contributed by atoms with Crippen molar-refractivity contribution in [3.63, 3.8) is 0 Å². The molecule has 0 bridgehead atoms. The molecule has 0 aromatic heterocycles. The molecule has 0 aliphatic rings. The van der Waals surface area contributed by atoms with E-state index >= 15 is 0 Å². The highest BCUT2D eigenvalue weighted by Gasteiger charge is 2.08. The summed E-state index contributed by atoms with van der Waals surface area (Å²) in [5.41, 5.74) is 1.10. The molecule has 4 nitrogen and oxygen atoms in total. The second kappa shape index (κ2) is 7.65. The van der Waals surface area contributed by atoms with Gasteiger partial charge in [-0.3, -0.25) is 4.79 Å². The summed E-state index contributed by atoms with van der Waals surface area (Å²) >= 11 is 5.67. The molecule has 0 fully saturated rings. The van der Waals surface area contributed by atoms with Gasteiger partial charge in [0.1, 0.15) is 5.82 Å². The molecule has 0 unspecified atom stereocenters. The van der Waals surface area contributed by atoms with Crippen LogP contribution in [0.5, 0.6) is 11.5 Å². The lowest BCUT2D eigenvalue weighted by atomic mass is 10.1. The number of rotatable bonds is 5. The van der Waals surface area contributed by atoms with Crippen molar-refractivity contribution >= 4 is 29.3 Å². The quantitative estimate of drug-likeness (QED) is 0.835. The zero-order valence-corrected chi connectivity index (χ0v) is 13.4. The van der Waals surface area contributed by atoms with Crippen molar-refractivity contribution < 1.29 is 18.7 Å². The lowest BCUT2D eigenvalue weighted by molar-refractivity contribution is -0.111. The van der Waals surface area contributed by atoms with E-state index in [1.165, 1.54) is 38.5 Å². The van der Waals surface area contributed by atoms with Crippen LogP contribution in [0.1, 0.15) is 5.56 Å². The van der Waals surface area contributed by atoms with E-state index in [1.54, 1.807) is 24.3 Å². The van der Waals surface area contributed by atoms with Gasteiger partial charge in [-0.1, -0.05) is 23.7 Å². The largest absolute Gasteiger partial charge is 0.493 e. The lowest BCUT2D eigenvalue weighted by Crippen LogP contribution is -2.07. The second-order valence-electron chi connectivity index (χ2n) is 4.53. The number of benzene rings is 2. The molecule has 2 rings (SSSR count). The van der Waals surface area contributed by atoms with Gasteiger partial charge in [-0.25, -0.2) is 4.39 Å². The monoisotopic (exact) mass is 335 g/mol. The first-order valence-electron chi connectivity index (χ1n) is 6.70. The zero-order valence-electron chi connectivity index (χ0n) is 12.6. The Labute approximate surface area is 138 Å². The number of carbonyl (C=O) groups is 1. The van der Waals surface area contributed by atoms with Gasteiger partial charge in [-0.2, -0.15) is 0 Å². The summed E-state index contributed by atoms with van der Waals surface area (Å²) in [5.74, 6) is 0.183. The van der Waals surface area contributed by atoms with Crippen LogP contribution in [-0.4, -0.2) is 20.1 Å². The highest BCUT2D eigenvalue weighted by atomic mass is 35.5. The maximum Gasteiger partial charge on any atom is 0.248 e. The number of nitrogens with one attached hydrogen (secondary N) is 1. The molecule has 0 aliphatic carbocycles. The van der Waals surface area contributed by atoms with Crippen molar-refractivity contribution in [1.82, 2.24) is 0 Å². The number of amides is 1. The third-order valence-corrected chi connectivity index (χ3v) is 3.32. The number of anilines is 1. The Morgan fingerprint density at radius 1 is 1.22 bits per heavy atom. The molecule has 1 amide bonds. The number of para-hydroxylation sites is 1. The molecule has 0 aliphatic heterocycles. The molecule has 0 spiro atoms. The topological polar surface area (TPSA) is 47.6 Å².